The van der Waals surface area contributed by atoms with Crippen LogP contribution in [0.3, 0.4) is 0 Å². The summed E-state index contributed by atoms with van der Waals surface area (Å²) in [4.78, 5) is 26.4. The molecule has 1 aromatic heterocycles. The van der Waals surface area contributed by atoms with Gasteiger partial charge in [-0.1, -0.05) is 30.3 Å². The average Bonchev–Trinajstić information content (AvgIpc) is 2.58. The average molecular weight is 326 g/mol. The van der Waals surface area contributed by atoms with Crippen molar-refractivity contribution in [2.75, 3.05) is 11.1 Å². The van der Waals surface area contributed by atoms with Crippen molar-refractivity contribution in [1.29, 1.82) is 0 Å². The summed E-state index contributed by atoms with van der Waals surface area (Å²) in [5.74, 6) is -0.381. The summed E-state index contributed by atoms with van der Waals surface area (Å²) in [5.41, 5.74) is 6.18. The highest BCUT2D eigenvalue weighted by Crippen LogP contribution is 2.18. The largest absolute Gasteiger partial charge is 0.383 e. The van der Waals surface area contributed by atoms with Crippen LogP contribution in [0.1, 0.15) is 5.56 Å². The number of hydrogen-bond acceptors (Lipinski definition) is 4. The third-order valence-corrected chi connectivity index (χ3v) is 3.54. The first-order valence-electron chi connectivity index (χ1n) is 7.23. The van der Waals surface area contributed by atoms with Gasteiger partial charge in [0.2, 0.25) is 0 Å². The van der Waals surface area contributed by atoms with Crippen LogP contribution in [-0.4, -0.2) is 9.55 Å². The Morgan fingerprint density at radius 3 is 2.38 bits per heavy atom. The summed E-state index contributed by atoms with van der Waals surface area (Å²) in [7, 11) is 0. The van der Waals surface area contributed by atoms with Gasteiger partial charge in [0.25, 0.3) is 5.56 Å². The van der Waals surface area contributed by atoms with Gasteiger partial charge in [0.05, 0.1) is 6.54 Å². The maximum absolute atomic E-state index is 13.0. The molecule has 0 aliphatic heterocycles. The highest BCUT2D eigenvalue weighted by molar-refractivity contribution is 5.68. The van der Waals surface area contributed by atoms with E-state index in [1.807, 2.05) is 30.3 Å². The molecule has 6 nitrogen and oxygen atoms in total. The first-order valence-corrected chi connectivity index (χ1v) is 7.23. The number of halogens is 1. The van der Waals surface area contributed by atoms with E-state index in [1.165, 1.54) is 28.8 Å². The lowest BCUT2D eigenvalue weighted by molar-refractivity contribution is 0.628. The predicted molar refractivity (Wildman–Crippen MR) is 91.0 cm³/mol. The van der Waals surface area contributed by atoms with Crippen LogP contribution in [0.5, 0.6) is 0 Å². The summed E-state index contributed by atoms with van der Waals surface area (Å²) in [6.07, 6.45) is 0. The van der Waals surface area contributed by atoms with Crippen LogP contribution in [0.15, 0.2) is 64.2 Å². The van der Waals surface area contributed by atoms with Gasteiger partial charge in [0.15, 0.2) is 0 Å². The zero-order valence-electron chi connectivity index (χ0n) is 12.6. The first-order chi connectivity index (χ1) is 11.5. The number of nitrogen functional groups attached to an aromatic ring is 1. The van der Waals surface area contributed by atoms with Gasteiger partial charge in [0.1, 0.15) is 17.3 Å². The SMILES string of the molecule is Nc1c(Nc2ccc(F)cc2)c(=O)[nH]c(=O)n1Cc1ccccc1. The monoisotopic (exact) mass is 326 g/mol. The van der Waals surface area contributed by atoms with E-state index in [2.05, 4.69) is 10.3 Å². The lowest BCUT2D eigenvalue weighted by Crippen LogP contribution is -2.33. The van der Waals surface area contributed by atoms with Crippen LogP contribution < -0.4 is 22.3 Å². The number of H-pyrrole nitrogens is 1. The molecule has 0 amide bonds. The van der Waals surface area contributed by atoms with E-state index in [9.17, 15) is 14.0 Å². The van der Waals surface area contributed by atoms with Crippen LogP contribution in [0.2, 0.25) is 0 Å². The second-order valence-corrected chi connectivity index (χ2v) is 5.22. The van der Waals surface area contributed by atoms with Crippen LogP contribution >= 0.6 is 0 Å². The number of rotatable bonds is 4. The molecule has 0 atom stereocenters. The van der Waals surface area contributed by atoms with Crippen LogP contribution in [0.25, 0.3) is 0 Å². The third-order valence-electron chi connectivity index (χ3n) is 3.54. The van der Waals surface area contributed by atoms with Crippen molar-refractivity contribution < 1.29 is 4.39 Å². The topological polar surface area (TPSA) is 92.9 Å². The lowest BCUT2D eigenvalue weighted by Gasteiger charge is -2.14. The lowest BCUT2D eigenvalue weighted by atomic mass is 10.2. The van der Waals surface area contributed by atoms with E-state index in [0.29, 0.717) is 5.69 Å². The Hall–Kier alpha value is -3.35. The first kappa shape index (κ1) is 15.5. The van der Waals surface area contributed by atoms with Gasteiger partial charge < -0.3 is 11.1 Å². The minimum atomic E-state index is -0.633. The van der Waals surface area contributed by atoms with Gasteiger partial charge in [-0.05, 0) is 29.8 Å². The molecule has 0 fully saturated rings. The number of nitrogens with zero attached hydrogens (tertiary/aromatic N) is 1. The Morgan fingerprint density at radius 2 is 1.71 bits per heavy atom. The molecule has 4 N–H and O–H groups in total. The Kier molecular flexibility index (Phi) is 4.15. The van der Waals surface area contributed by atoms with Gasteiger partial charge in [-0.25, -0.2) is 9.18 Å². The van der Waals surface area contributed by atoms with Crippen LogP contribution in [0.4, 0.5) is 21.6 Å². The van der Waals surface area contributed by atoms with E-state index in [1.54, 1.807) is 0 Å². The van der Waals surface area contributed by atoms with Crippen LogP contribution in [-0.2, 0) is 6.54 Å². The molecule has 0 saturated heterocycles. The smallest absolute Gasteiger partial charge is 0.330 e. The van der Waals surface area contributed by atoms with Crippen molar-refractivity contribution in [2.24, 2.45) is 0 Å². The minimum Gasteiger partial charge on any atom is -0.383 e. The van der Waals surface area contributed by atoms with Gasteiger partial charge in [-0.3, -0.25) is 14.3 Å². The molecule has 3 rings (SSSR count). The zero-order chi connectivity index (χ0) is 17.1. The van der Waals surface area contributed by atoms with Crippen LogP contribution in [0, 0.1) is 5.82 Å². The Morgan fingerprint density at radius 1 is 1.04 bits per heavy atom. The molecule has 3 aromatic rings. The number of anilines is 3. The Balaban J connectivity index is 2.01. The summed E-state index contributed by atoms with van der Waals surface area (Å²) >= 11 is 0. The molecule has 0 radical (unpaired) electrons. The molecule has 0 unspecified atom stereocenters. The van der Waals surface area contributed by atoms with Crippen molar-refractivity contribution >= 4 is 17.2 Å². The normalized spacial score (nSPS) is 10.5. The van der Waals surface area contributed by atoms with Gasteiger partial charge in [0, 0.05) is 5.69 Å². The number of nitrogens with one attached hydrogen (secondary N) is 2. The van der Waals surface area contributed by atoms with E-state index < -0.39 is 17.1 Å². The zero-order valence-corrected chi connectivity index (χ0v) is 12.6. The minimum absolute atomic E-state index is 0.0110. The molecule has 0 aliphatic carbocycles. The maximum atomic E-state index is 13.0. The summed E-state index contributed by atoms with van der Waals surface area (Å²) in [6.45, 7) is 0.223. The van der Waals surface area contributed by atoms with Crippen molar-refractivity contribution in [1.82, 2.24) is 9.55 Å². The highest BCUT2D eigenvalue weighted by Gasteiger charge is 2.13. The van der Waals surface area contributed by atoms with E-state index in [0.717, 1.165) is 5.56 Å². The molecule has 0 bridgehead atoms. The molecular weight excluding hydrogens is 311 g/mol. The van der Waals surface area contributed by atoms with Crippen molar-refractivity contribution in [3.05, 3.63) is 86.8 Å². The molecule has 0 aliphatic rings. The molecule has 24 heavy (non-hydrogen) atoms. The number of aromatic amines is 1. The molecule has 1 heterocycles. The number of hydrogen-bond donors (Lipinski definition) is 3. The van der Waals surface area contributed by atoms with E-state index in [-0.39, 0.29) is 18.1 Å². The fourth-order valence-electron chi connectivity index (χ4n) is 2.31. The summed E-state index contributed by atoms with van der Waals surface area (Å²) < 4.78 is 14.2. The quantitative estimate of drug-likeness (QED) is 0.684. The van der Waals surface area contributed by atoms with Gasteiger partial charge in [-0.15, -0.1) is 0 Å². The van der Waals surface area contributed by atoms with Gasteiger partial charge >= 0.3 is 5.69 Å². The van der Waals surface area contributed by atoms with Gasteiger partial charge in [-0.2, -0.15) is 0 Å². The second-order valence-electron chi connectivity index (χ2n) is 5.22. The van der Waals surface area contributed by atoms with Crippen molar-refractivity contribution in [3.8, 4) is 0 Å². The number of aromatic nitrogens is 2. The maximum Gasteiger partial charge on any atom is 0.330 e. The fraction of sp³-hybridized carbons (Fsp3) is 0.0588. The van der Waals surface area contributed by atoms with E-state index >= 15 is 0 Å². The van der Waals surface area contributed by atoms with E-state index in [4.69, 9.17) is 5.73 Å². The predicted octanol–water partition coefficient (Wildman–Crippen LogP) is 2.05. The Labute approximate surface area is 136 Å². The molecule has 0 spiro atoms. The number of benzene rings is 2. The fourth-order valence-corrected chi connectivity index (χ4v) is 2.31. The standard InChI is InChI=1S/C17H15FN4O2/c18-12-6-8-13(9-7-12)20-14-15(19)22(17(24)21-16(14)23)10-11-4-2-1-3-5-11/h1-9,20H,10,19H2,(H,21,23,24). The number of nitrogens with two attached hydrogens (primary N) is 1. The summed E-state index contributed by atoms with van der Waals surface area (Å²) in [6, 6.07) is 14.7. The molecule has 7 heteroatoms. The molecule has 122 valence electrons. The van der Waals surface area contributed by atoms with Crippen molar-refractivity contribution in [2.45, 2.75) is 6.54 Å². The highest BCUT2D eigenvalue weighted by atomic mass is 19.1. The second kappa shape index (κ2) is 6.41. The molecular formula is C17H15FN4O2. The summed E-state index contributed by atoms with van der Waals surface area (Å²) in [5, 5.41) is 2.83. The third kappa shape index (κ3) is 3.19. The molecule has 0 saturated carbocycles. The Bertz CT molecular complexity index is 963. The molecule has 2 aromatic carbocycles. The van der Waals surface area contributed by atoms with Crippen molar-refractivity contribution in [3.63, 3.8) is 0 Å².